The van der Waals surface area contributed by atoms with E-state index in [0.29, 0.717) is 11.8 Å². The Morgan fingerprint density at radius 2 is 1.74 bits per heavy atom. The van der Waals surface area contributed by atoms with Crippen LogP contribution in [-0.2, 0) is 17.6 Å². The van der Waals surface area contributed by atoms with E-state index in [1.165, 1.54) is 22.9 Å². The molecular formula is C32H42N2O4. The van der Waals surface area contributed by atoms with Gasteiger partial charge in [0.05, 0.1) is 19.7 Å². The first-order valence-corrected chi connectivity index (χ1v) is 14.0. The van der Waals surface area contributed by atoms with E-state index in [-0.39, 0.29) is 6.42 Å². The molecule has 2 heterocycles. The molecule has 6 nitrogen and oxygen atoms in total. The highest BCUT2D eigenvalue weighted by atomic mass is 16.5. The van der Waals surface area contributed by atoms with Gasteiger partial charge in [0.25, 0.3) is 0 Å². The minimum Gasteiger partial charge on any atom is -0.497 e. The molecule has 0 bridgehead atoms. The predicted molar refractivity (Wildman–Crippen MR) is 152 cm³/mol. The molecule has 2 atom stereocenters. The van der Waals surface area contributed by atoms with Crippen molar-refractivity contribution in [3.8, 4) is 11.5 Å². The van der Waals surface area contributed by atoms with Gasteiger partial charge in [-0.05, 0) is 124 Å². The highest BCUT2D eigenvalue weighted by Gasteiger charge is 2.29. The number of carbonyl (C=O) groups is 1. The fourth-order valence-corrected chi connectivity index (χ4v) is 5.91. The summed E-state index contributed by atoms with van der Waals surface area (Å²) < 4.78 is 10.7. The maximum Gasteiger partial charge on any atom is 0.303 e. The quantitative estimate of drug-likeness (QED) is 0.249. The number of likely N-dealkylation sites (tertiary alicyclic amines) is 1. The Bertz CT molecular complexity index is 1160. The summed E-state index contributed by atoms with van der Waals surface area (Å²) in [6, 6.07) is 16.5. The van der Waals surface area contributed by atoms with Crippen LogP contribution in [0.1, 0.15) is 56.1 Å². The fraction of sp³-hybridized carbons (Fsp3) is 0.500. The third kappa shape index (κ3) is 7.94. The zero-order valence-electron chi connectivity index (χ0n) is 22.9. The lowest BCUT2D eigenvalue weighted by atomic mass is 9.79. The van der Waals surface area contributed by atoms with E-state index in [0.717, 1.165) is 81.6 Å². The zero-order valence-corrected chi connectivity index (χ0v) is 22.9. The second-order valence-corrected chi connectivity index (χ2v) is 10.6. The van der Waals surface area contributed by atoms with Crippen LogP contribution in [-0.4, -0.2) is 54.8 Å². The van der Waals surface area contributed by atoms with Crippen LogP contribution in [0.2, 0.25) is 0 Å². The minimum atomic E-state index is -0.683. The monoisotopic (exact) mass is 518 g/mol. The number of benzene rings is 2. The average Bonchev–Trinajstić information content (AvgIpc) is 2.95. The maximum absolute atomic E-state index is 11.4. The molecule has 0 saturated carbocycles. The average molecular weight is 519 g/mol. The standard InChI is InChI=1S/C32H42N2O4/c1-37-28-12-9-24(10-13-28)6-3-4-20-34-21-18-25(27(23-34)11-16-32(35)36)7-5-8-26-17-19-33-31-15-14-29(38-2)22-30(26)31/h9-10,12-15,17,19,22,25,27H,3-8,11,16,18,20-21,23H2,1-2H3,(H,35,36)/t25-,27+/m1/s1. The molecule has 1 fully saturated rings. The van der Waals surface area contributed by atoms with E-state index in [9.17, 15) is 9.90 Å². The molecule has 2 aromatic carbocycles. The number of hydrogen-bond donors (Lipinski definition) is 1. The maximum atomic E-state index is 11.4. The van der Waals surface area contributed by atoms with Gasteiger partial charge in [0.1, 0.15) is 11.5 Å². The van der Waals surface area contributed by atoms with Gasteiger partial charge in [0, 0.05) is 24.5 Å². The van der Waals surface area contributed by atoms with E-state index in [4.69, 9.17) is 9.47 Å². The largest absolute Gasteiger partial charge is 0.497 e. The lowest BCUT2D eigenvalue weighted by molar-refractivity contribution is -0.137. The molecule has 6 heteroatoms. The number of ether oxygens (including phenoxy) is 2. The molecule has 0 radical (unpaired) electrons. The lowest BCUT2D eigenvalue weighted by Crippen LogP contribution is -2.41. The lowest BCUT2D eigenvalue weighted by Gasteiger charge is -2.39. The van der Waals surface area contributed by atoms with Crippen LogP contribution < -0.4 is 9.47 Å². The summed E-state index contributed by atoms with van der Waals surface area (Å²) in [5, 5.41) is 10.5. The van der Waals surface area contributed by atoms with Gasteiger partial charge in [0.2, 0.25) is 0 Å². The highest BCUT2D eigenvalue weighted by molar-refractivity contribution is 5.83. The van der Waals surface area contributed by atoms with Crippen LogP contribution in [0.4, 0.5) is 0 Å². The van der Waals surface area contributed by atoms with Crippen LogP contribution in [0.15, 0.2) is 54.7 Å². The summed E-state index contributed by atoms with van der Waals surface area (Å²) in [4.78, 5) is 18.4. The van der Waals surface area contributed by atoms with E-state index in [2.05, 4.69) is 34.1 Å². The van der Waals surface area contributed by atoms with Crippen LogP contribution in [0, 0.1) is 11.8 Å². The Morgan fingerprint density at radius 1 is 0.947 bits per heavy atom. The molecule has 3 aromatic rings. The highest BCUT2D eigenvalue weighted by Crippen LogP contribution is 2.32. The molecule has 0 aliphatic carbocycles. The number of aliphatic carboxylic acids is 1. The number of carboxylic acids is 1. The van der Waals surface area contributed by atoms with Crippen LogP contribution in [0.5, 0.6) is 11.5 Å². The summed E-state index contributed by atoms with van der Waals surface area (Å²) >= 11 is 0. The Labute approximate surface area is 227 Å². The molecule has 1 aliphatic rings. The van der Waals surface area contributed by atoms with Crippen molar-refractivity contribution >= 4 is 16.9 Å². The fourth-order valence-electron chi connectivity index (χ4n) is 5.91. The van der Waals surface area contributed by atoms with Crippen molar-refractivity contribution < 1.29 is 19.4 Å². The number of methoxy groups -OCH3 is 2. The Balaban J connectivity index is 1.27. The normalized spacial score (nSPS) is 17.9. The third-order valence-corrected chi connectivity index (χ3v) is 8.11. The van der Waals surface area contributed by atoms with Gasteiger partial charge in [-0.3, -0.25) is 9.78 Å². The number of hydrogen-bond acceptors (Lipinski definition) is 5. The number of unbranched alkanes of at least 4 members (excludes halogenated alkanes) is 1. The van der Waals surface area contributed by atoms with Crippen molar-refractivity contribution in [1.29, 1.82) is 0 Å². The Kier molecular flexibility index (Phi) is 10.4. The van der Waals surface area contributed by atoms with Gasteiger partial charge in [-0.15, -0.1) is 0 Å². The molecule has 1 N–H and O–H groups in total. The van der Waals surface area contributed by atoms with Crippen molar-refractivity contribution in [3.05, 3.63) is 65.9 Å². The molecule has 0 amide bonds. The topological polar surface area (TPSA) is 71.9 Å². The Hall–Kier alpha value is -3.12. The van der Waals surface area contributed by atoms with Gasteiger partial charge in [-0.2, -0.15) is 0 Å². The van der Waals surface area contributed by atoms with Crippen molar-refractivity contribution in [1.82, 2.24) is 9.88 Å². The number of nitrogens with zero attached hydrogens (tertiary/aromatic N) is 2. The van der Waals surface area contributed by atoms with Gasteiger partial charge < -0.3 is 19.5 Å². The van der Waals surface area contributed by atoms with E-state index in [1.807, 2.05) is 30.5 Å². The number of pyridine rings is 1. The molecule has 4 rings (SSSR count). The van der Waals surface area contributed by atoms with Gasteiger partial charge >= 0.3 is 5.97 Å². The Morgan fingerprint density at radius 3 is 2.50 bits per heavy atom. The number of aromatic nitrogens is 1. The van der Waals surface area contributed by atoms with Crippen molar-refractivity contribution in [3.63, 3.8) is 0 Å². The van der Waals surface area contributed by atoms with E-state index >= 15 is 0 Å². The first-order valence-electron chi connectivity index (χ1n) is 14.0. The second kappa shape index (κ2) is 14.1. The molecule has 204 valence electrons. The molecule has 1 saturated heterocycles. The summed E-state index contributed by atoms with van der Waals surface area (Å²) in [5.41, 5.74) is 3.66. The van der Waals surface area contributed by atoms with Crippen molar-refractivity contribution in [2.45, 2.75) is 57.8 Å². The zero-order chi connectivity index (χ0) is 26.7. The molecular weight excluding hydrogens is 476 g/mol. The van der Waals surface area contributed by atoms with Crippen molar-refractivity contribution in [2.24, 2.45) is 11.8 Å². The van der Waals surface area contributed by atoms with E-state index < -0.39 is 5.97 Å². The van der Waals surface area contributed by atoms with Crippen LogP contribution in [0.3, 0.4) is 0 Å². The smallest absolute Gasteiger partial charge is 0.303 e. The third-order valence-electron chi connectivity index (χ3n) is 8.11. The van der Waals surface area contributed by atoms with Gasteiger partial charge in [-0.1, -0.05) is 12.1 Å². The first kappa shape index (κ1) is 27.9. The number of rotatable bonds is 14. The van der Waals surface area contributed by atoms with Gasteiger partial charge in [0.15, 0.2) is 0 Å². The van der Waals surface area contributed by atoms with Crippen molar-refractivity contribution in [2.75, 3.05) is 33.9 Å². The SMILES string of the molecule is COc1ccc(CCCCN2CC[C@@H](CCCc3ccnc4ccc(OC)cc34)[C@@H](CCC(=O)O)C2)cc1. The van der Waals surface area contributed by atoms with Crippen LogP contribution >= 0.6 is 0 Å². The minimum absolute atomic E-state index is 0.265. The number of aryl methyl sites for hydroxylation is 2. The van der Waals surface area contributed by atoms with Crippen LogP contribution in [0.25, 0.3) is 10.9 Å². The molecule has 1 aromatic heterocycles. The molecule has 38 heavy (non-hydrogen) atoms. The second-order valence-electron chi connectivity index (χ2n) is 10.6. The first-order chi connectivity index (χ1) is 18.6. The molecule has 0 spiro atoms. The molecule has 0 unspecified atom stereocenters. The molecule has 1 aliphatic heterocycles. The predicted octanol–water partition coefficient (Wildman–Crippen LogP) is 6.40. The number of piperidine rings is 1. The van der Waals surface area contributed by atoms with Gasteiger partial charge in [-0.25, -0.2) is 0 Å². The number of carboxylic acid groups (broad SMARTS) is 1. The summed E-state index contributed by atoms with van der Waals surface area (Å²) in [5.74, 6) is 2.12. The summed E-state index contributed by atoms with van der Waals surface area (Å²) in [6.07, 6.45) is 10.8. The van der Waals surface area contributed by atoms with E-state index in [1.54, 1.807) is 14.2 Å². The number of fused-ring (bicyclic) bond motifs is 1. The summed E-state index contributed by atoms with van der Waals surface area (Å²) in [6.45, 7) is 3.24. The summed E-state index contributed by atoms with van der Waals surface area (Å²) in [7, 11) is 3.39.